The molecule has 0 aliphatic heterocycles. The molecule has 0 radical (unpaired) electrons. The van der Waals surface area contributed by atoms with Gasteiger partial charge in [0.15, 0.2) is 6.10 Å². The Morgan fingerprint density at radius 1 is 0.253 bits per heavy atom. The molecule has 79 heavy (non-hydrogen) atoms. The Bertz CT molecular complexity index is 1410. The lowest BCUT2D eigenvalue weighted by atomic mass is 10.0. The maximum absolute atomic E-state index is 12.8. The number of hydrogen-bond acceptors (Lipinski definition) is 6. The molecule has 6 nitrogen and oxygen atoms in total. The van der Waals surface area contributed by atoms with E-state index in [1.807, 2.05) is 0 Å². The molecule has 0 saturated carbocycles. The van der Waals surface area contributed by atoms with Gasteiger partial charge in [0.05, 0.1) is 0 Å². The molecule has 0 aromatic carbocycles. The summed E-state index contributed by atoms with van der Waals surface area (Å²) in [6, 6.07) is 0. The molecule has 0 aromatic rings. The highest BCUT2D eigenvalue weighted by molar-refractivity contribution is 5.71. The summed E-state index contributed by atoms with van der Waals surface area (Å²) in [7, 11) is 0. The van der Waals surface area contributed by atoms with Crippen molar-refractivity contribution in [1.82, 2.24) is 0 Å². The second-order valence-corrected chi connectivity index (χ2v) is 23.4. The standard InChI is InChI=1S/C73H132O6/c1-4-7-10-13-15-17-19-21-23-25-27-29-31-33-34-35-36-37-38-40-41-43-45-47-49-51-53-55-57-60-63-66-72(75)78-69-70(68-77-71(74)65-62-59-12-9-6-3)79-73(76)67-64-61-58-56-54-52-50-48-46-44-42-39-32-30-28-26-24-22-20-18-16-14-11-8-5-2/h19-22,25-28,32,39,70H,4-18,23-24,29-31,33-38,40-69H2,1-3H3/b21-19-,22-20-,27-25-,28-26-,39-32-. The number of allylic oxidation sites excluding steroid dienone is 10. The minimum absolute atomic E-state index is 0.0723. The summed E-state index contributed by atoms with van der Waals surface area (Å²) in [5, 5.41) is 0. The minimum Gasteiger partial charge on any atom is -0.462 e. The quantitative estimate of drug-likeness (QED) is 0.0261. The van der Waals surface area contributed by atoms with Crippen LogP contribution < -0.4 is 0 Å². The first-order valence-corrected chi connectivity index (χ1v) is 34.8. The van der Waals surface area contributed by atoms with Gasteiger partial charge in [-0.3, -0.25) is 14.4 Å². The zero-order valence-electron chi connectivity index (χ0n) is 52.9. The molecule has 6 heteroatoms. The highest BCUT2D eigenvalue weighted by Gasteiger charge is 2.19. The van der Waals surface area contributed by atoms with E-state index in [9.17, 15) is 14.4 Å². The Balaban J connectivity index is 3.96. The Labute approximate surface area is 491 Å². The minimum atomic E-state index is -0.772. The molecule has 0 amide bonds. The molecular formula is C73H132O6. The average Bonchev–Trinajstić information content (AvgIpc) is 3.45. The number of hydrogen-bond donors (Lipinski definition) is 0. The molecule has 0 bridgehead atoms. The van der Waals surface area contributed by atoms with Crippen molar-refractivity contribution in [3.63, 3.8) is 0 Å². The summed E-state index contributed by atoms with van der Waals surface area (Å²) >= 11 is 0. The molecule has 0 rings (SSSR count). The lowest BCUT2D eigenvalue weighted by Crippen LogP contribution is -2.30. The van der Waals surface area contributed by atoms with Gasteiger partial charge in [0.1, 0.15) is 13.2 Å². The maximum atomic E-state index is 12.8. The van der Waals surface area contributed by atoms with Gasteiger partial charge in [-0.1, -0.05) is 319 Å². The van der Waals surface area contributed by atoms with Gasteiger partial charge in [-0.25, -0.2) is 0 Å². The third-order valence-corrected chi connectivity index (χ3v) is 15.5. The topological polar surface area (TPSA) is 78.9 Å². The average molecular weight is 1110 g/mol. The van der Waals surface area contributed by atoms with E-state index in [0.29, 0.717) is 19.3 Å². The monoisotopic (exact) mass is 1110 g/mol. The van der Waals surface area contributed by atoms with Gasteiger partial charge in [-0.05, 0) is 89.9 Å². The van der Waals surface area contributed by atoms with E-state index < -0.39 is 6.10 Å². The van der Waals surface area contributed by atoms with Crippen molar-refractivity contribution >= 4 is 17.9 Å². The van der Waals surface area contributed by atoms with Crippen LogP contribution >= 0.6 is 0 Å². The number of esters is 3. The molecule has 0 aliphatic rings. The molecule has 1 unspecified atom stereocenters. The predicted molar refractivity (Wildman–Crippen MR) is 344 cm³/mol. The smallest absolute Gasteiger partial charge is 0.306 e. The molecule has 0 aliphatic carbocycles. The van der Waals surface area contributed by atoms with Crippen LogP contribution in [0.2, 0.25) is 0 Å². The molecule has 0 N–H and O–H groups in total. The Morgan fingerprint density at radius 3 is 0.709 bits per heavy atom. The van der Waals surface area contributed by atoms with Crippen molar-refractivity contribution in [2.24, 2.45) is 0 Å². The van der Waals surface area contributed by atoms with E-state index in [0.717, 1.165) is 83.5 Å². The molecular weight excluding hydrogens is 973 g/mol. The molecule has 1 atom stereocenters. The van der Waals surface area contributed by atoms with Gasteiger partial charge in [-0.15, -0.1) is 0 Å². The van der Waals surface area contributed by atoms with E-state index in [4.69, 9.17) is 14.2 Å². The first-order chi connectivity index (χ1) is 39.0. The van der Waals surface area contributed by atoms with Crippen molar-refractivity contribution in [2.45, 2.75) is 374 Å². The van der Waals surface area contributed by atoms with E-state index in [-0.39, 0.29) is 31.1 Å². The second kappa shape index (κ2) is 67.6. The predicted octanol–water partition coefficient (Wildman–Crippen LogP) is 23.9. The zero-order valence-corrected chi connectivity index (χ0v) is 52.9. The van der Waals surface area contributed by atoms with Crippen LogP contribution in [-0.4, -0.2) is 37.2 Å². The van der Waals surface area contributed by atoms with Gasteiger partial charge in [-0.2, -0.15) is 0 Å². The second-order valence-electron chi connectivity index (χ2n) is 23.4. The fourth-order valence-corrected chi connectivity index (χ4v) is 10.2. The number of ether oxygens (including phenoxy) is 3. The van der Waals surface area contributed by atoms with Gasteiger partial charge in [0.25, 0.3) is 0 Å². The van der Waals surface area contributed by atoms with Gasteiger partial charge < -0.3 is 14.2 Å². The van der Waals surface area contributed by atoms with Crippen molar-refractivity contribution in [1.29, 1.82) is 0 Å². The fraction of sp³-hybridized carbons (Fsp3) is 0.822. The van der Waals surface area contributed by atoms with Crippen LogP contribution in [0.1, 0.15) is 367 Å². The summed E-state index contributed by atoms with van der Waals surface area (Å²) in [6.07, 6.45) is 87.3. The molecule has 0 aromatic heterocycles. The van der Waals surface area contributed by atoms with Crippen LogP contribution in [0.3, 0.4) is 0 Å². The van der Waals surface area contributed by atoms with Crippen LogP contribution in [-0.2, 0) is 28.6 Å². The normalized spacial score (nSPS) is 12.4. The molecule has 0 spiro atoms. The maximum Gasteiger partial charge on any atom is 0.306 e. The fourth-order valence-electron chi connectivity index (χ4n) is 10.2. The lowest BCUT2D eigenvalue weighted by molar-refractivity contribution is -0.167. The number of carbonyl (C=O) groups excluding carboxylic acids is 3. The van der Waals surface area contributed by atoms with Gasteiger partial charge >= 0.3 is 17.9 Å². The van der Waals surface area contributed by atoms with Crippen molar-refractivity contribution in [3.8, 4) is 0 Å². The summed E-state index contributed by atoms with van der Waals surface area (Å²) in [6.45, 7) is 6.58. The lowest BCUT2D eigenvalue weighted by Gasteiger charge is -2.18. The van der Waals surface area contributed by atoms with Gasteiger partial charge in [0, 0.05) is 19.3 Å². The molecule has 0 saturated heterocycles. The third-order valence-electron chi connectivity index (χ3n) is 15.5. The SMILES string of the molecule is CCCCCCC/C=C\C/C=C\C/C=C\CCCCCCCCCCCCC(=O)OC(COC(=O)CCCCCCC)COC(=O)CCCCCCCCCCCCCCCCCCCCC/C=C\C/C=C\CCCCCCC. The van der Waals surface area contributed by atoms with E-state index in [1.165, 1.54) is 244 Å². The zero-order chi connectivity index (χ0) is 57.1. The van der Waals surface area contributed by atoms with Crippen molar-refractivity contribution in [3.05, 3.63) is 60.8 Å². The largest absolute Gasteiger partial charge is 0.462 e. The third kappa shape index (κ3) is 65.8. The van der Waals surface area contributed by atoms with E-state index >= 15 is 0 Å². The van der Waals surface area contributed by atoms with Crippen LogP contribution in [0.25, 0.3) is 0 Å². The Kier molecular flexibility index (Phi) is 65.1. The summed E-state index contributed by atoms with van der Waals surface area (Å²) in [4.78, 5) is 38.0. The van der Waals surface area contributed by atoms with Crippen LogP contribution in [0.4, 0.5) is 0 Å². The van der Waals surface area contributed by atoms with E-state index in [1.54, 1.807) is 0 Å². The first kappa shape index (κ1) is 76.1. The van der Waals surface area contributed by atoms with Crippen LogP contribution in [0.5, 0.6) is 0 Å². The summed E-state index contributed by atoms with van der Waals surface area (Å²) in [5.74, 6) is -0.872. The molecule has 0 fully saturated rings. The van der Waals surface area contributed by atoms with Gasteiger partial charge in [0.2, 0.25) is 0 Å². The first-order valence-electron chi connectivity index (χ1n) is 34.8. The summed E-state index contributed by atoms with van der Waals surface area (Å²) < 4.78 is 16.8. The van der Waals surface area contributed by atoms with E-state index in [2.05, 4.69) is 81.5 Å². The van der Waals surface area contributed by atoms with Crippen LogP contribution in [0, 0.1) is 0 Å². The Hall–Kier alpha value is -2.89. The molecule has 460 valence electrons. The summed E-state index contributed by atoms with van der Waals surface area (Å²) in [5.41, 5.74) is 0. The highest BCUT2D eigenvalue weighted by atomic mass is 16.6. The number of carbonyl (C=O) groups is 3. The van der Waals surface area contributed by atoms with Crippen molar-refractivity contribution < 1.29 is 28.6 Å². The Morgan fingerprint density at radius 2 is 0.456 bits per heavy atom. The molecule has 0 heterocycles. The highest BCUT2D eigenvalue weighted by Crippen LogP contribution is 2.18. The number of unbranched alkanes of at least 4 members (excludes halogenated alkanes) is 43. The number of rotatable bonds is 64. The van der Waals surface area contributed by atoms with Crippen LogP contribution in [0.15, 0.2) is 60.8 Å². The van der Waals surface area contributed by atoms with Crippen molar-refractivity contribution in [2.75, 3.05) is 13.2 Å².